The summed E-state index contributed by atoms with van der Waals surface area (Å²) in [5, 5.41) is 13.0. The van der Waals surface area contributed by atoms with E-state index < -0.39 is 29.7 Å². The molecule has 1 unspecified atom stereocenters. The number of carboxylic acids is 1. The van der Waals surface area contributed by atoms with Crippen molar-refractivity contribution in [3.8, 4) is 0 Å². The molecule has 0 bridgehead atoms. The van der Waals surface area contributed by atoms with Crippen LogP contribution < -0.4 is 11.6 Å². The van der Waals surface area contributed by atoms with E-state index in [9.17, 15) is 19.5 Å². The van der Waals surface area contributed by atoms with Gasteiger partial charge in [-0.25, -0.2) is 0 Å². The quantitative estimate of drug-likeness (QED) is 0.195. The number of aliphatic carboxylic acids is 1. The van der Waals surface area contributed by atoms with Crippen LogP contribution in [0.5, 0.6) is 0 Å². The van der Waals surface area contributed by atoms with Crippen LogP contribution in [0.3, 0.4) is 0 Å². The summed E-state index contributed by atoms with van der Waals surface area (Å²) in [6.45, 7) is 0.105. The van der Waals surface area contributed by atoms with Crippen LogP contribution in [0.25, 0.3) is 6.08 Å². The predicted molar refractivity (Wildman–Crippen MR) is 137 cm³/mol. The van der Waals surface area contributed by atoms with E-state index in [-0.39, 0.29) is 12.1 Å². The summed E-state index contributed by atoms with van der Waals surface area (Å²) in [4.78, 5) is 40.8. The number of carbonyl (C=O) groups is 3. The monoisotopic (exact) mass is 482 g/mol. The number of hydrogen-bond donors (Lipinski definition) is 3. The summed E-state index contributed by atoms with van der Waals surface area (Å²) in [6.07, 6.45) is 2.90. The standard InChI is InChI=1S/C28H26N4O4/c29-28(26(35)21-12-10-20(11-13-21)18-31-30)24-9-5-4-8-22(24)16-23(17-25(33)34)27(36)32(28)15-14-19-6-2-1-3-7-19/h1-13,16,18H,14-15,17,29-30H2,(H,33,34). The van der Waals surface area contributed by atoms with E-state index in [1.807, 2.05) is 30.3 Å². The summed E-state index contributed by atoms with van der Waals surface area (Å²) < 4.78 is 0. The lowest BCUT2D eigenvalue weighted by atomic mass is 9.86. The van der Waals surface area contributed by atoms with Crippen LogP contribution >= 0.6 is 0 Å². The smallest absolute Gasteiger partial charge is 0.308 e. The van der Waals surface area contributed by atoms with Gasteiger partial charge in [-0.05, 0) is 29.2 Å². The van der Waals surface area contributed by atoms with E-state index in [1.165, 1.54) is 17.2 Å². The molecule has 1 aliphatic rings. The largest absolute Gasteiger partial charge is 0.481 e. The zero-order valence-electron chi connectivity index (χ0n) is 19.5. The number of nitrogens with zero attached hydrogens (tertiary/aromatic N) is 2. The van der Waals surface area contributed by atoms with Crippen molar-refractivity contribution < 1.29 is 19.5 Å². The van der Waals surface area contributed by atoms with Gasteiger partial charge in [0.25, 0.3) is 5.91 Å². The highest BCUT2D eigenvalue weighted by molar-refractivity contribution is 6.11. The van der Waals surface area contributed by atoms with Crippen LogP contribution in [0.4, 0.5) is 0 Å². The Bertz CT molecular complexity index is 1350. The summed E-state index contributed by atoms with van der Waals surface area (Å²) in [5.74, 6) is 2.99. The number of carbonyl (C=O) groups excluding carboxylic acids is 2. The minimum Gasteiger partial charge on any atom is -0.481 e. The molecule has 0 saturated heterocycles. The molecule has 8 heteroatoms. The first-order valence-corrected chi connectivity index (χ1v) is 11.4. The molecule has 1 aliphatic heterocycles. The fraction of sp³-hybridized carbons (Fsp3) is 0.143. The van der Waals surface area contributed by atoms with Gasteiger partial charge in [-0.15, -0.1) is 0 Å². The van der Waals surface area contributed by atoms with E-state index in [2.05, 4.69) is 5.10 Å². The fourth-order valence-corrected chi connectivity index (χ4v) is 4.42. The number of ketones is 1. The Morgan fingerprint density at radius 2 is 1.64 bits per heavy atom. The first kappa shape index (κ1) is 24.6. The van der Waals surface area contributed by atoms with Crippen molar-refractivity contribution in [2.75, 3.05) is 6.54 Å². The third-order valence-corrected chi connectivity index (χ3v) is 6.20. The second kappa shape index (κ2) is 10.4. The molecule has 1 atom stereocenters. The number of fused-ring (bicyclic) bond motifs is 1. The summed E-state index contributed by atoms with van der Waals surface area (Å²) in [7, 11) is 0. The molecular formula is C28H26N4O4. The normalized spacial score (nSPS) is 17.4. The lowest BCUT2D eigenvalue weighted by molar-refractivity contribution is -0.139. The first-order chi connectivity index (χ1) is 17.3. The van der Waals surface area contributed by atoms with Gasteiger partial charge in [0.15, 0.2) is 5.66 Å². The van der Waals surface area contributed by atoms with Crippen molar-refractivity contribution in [2.24, 2.45) is 16.7 Å². The molecule has 5 N–H and O–H groups in total. The molecule has 1 heterocycles. The number of rotatable bonds is 8. The summed E-state index contributed by atoms with van der Waals surface area (Å²) in [5.41, 5.74) is 8.03. The maximum Gasteiger partial charge on any atom is 0.308 e. The van der Waals surface area contributed by atoms with E-state index in [4.69, 9.17) is 11.6 Å². The highest BCUT2D eigenvalue weighted by Gasteiger charge is 2.48. The van der Waals surface area contributed by atoms with Gasteiger partial charge in [0.05, 0.1) is 12.6 Å². The Hall–Kier alpha value is -4.56. The SMILES string of the molecule is NN=Cc1ccc(C(=O)C2(N)c3ccccc3C=C(CC(=O)O)C(=O)N2CCc2ccccc2)cc1. The van der Waals surface area contributed by atoms with Crippen molar-refractivity contribution in [1.29, 1.82) is 0 Å². The van der Waals surface area contributed by atoms with Gasteiger partial charge in [0.2, 0.25) is 5.78 Å². The van der Waals surface area contributed by atoms with Crippen LogP contribution in [0.1, 0.15) is 39.0 Å². The first-order valence-electron chi connectivity index (χ1n) is 11.4. The van der Waals surface area contributed by atoms with E-state index in [0.29, 0.717) is 28.7 Å². The number of hydrazone groups is 1. The third-order valence-electron chi connectivity index (χ3n) is 6.20. The van der Waals surface area contributed by atoms with E-state index in [0.717, 1.165) is 5.56 Å². The third kappa shape index (κ3) is 4.80. The minimum atomic E-state index is -1.87. The van der Waals surface area contributed by atoms with Crippen molar-refractivity contribution in [2.45, 2.75) is 18.5 Å². The van der Waals surface area contributed by atoms with Gasteiger partial charge in [0, 0.05) is 23.2 Å². The fourth-order valence-electron chi connectivity index (χ4n) is 4.42. The van der Waals surface area contributed by atoms with Crippen molar-refractivity contribution in [1.82, 2.24) is 4.90 Å². The highest BCUT2D eigenvalue weighted by Crippen LogP contribution is 2.36. The number of nitrogens with two attached hydrogens (primary N) is 2. The zero-order chi connectivity index (χ0) is 25.7. The molecule has 0 fully saturated rings. The summed E-state index contributed by atoms with van der Waals surface area (Å²) in [6, 6.07) is 23.0. The molecule has 4 rings (SSSR count). The van der Waals surface area contributed by atoms with E-state index in [1.54, 1.807) is 48.5 Å². The number of Topliss-reactive ketones (excluding diaryl/α,β-unsaturated/α-hetero) is 1. The van der Waals surface area contributed by atoms with Gasteiger partial charge in [-0.2, -0.15) is 5.10 Å². The Morgan fingerprint density at radius 3 is 2.31 bits per heavy atom. The van der Waals surface area contributed by atoms with Crippen molar-refractivity contribution in [3.63, 3.8) is 0 Å². The van der Waals surface area contributed by atoms with Crippen LogP contribution in [0, 0.1) is 0 Å². The molecule has 0 radical (unpaired) electrons. The Labute approximate surface area is 208 Å². The van der Waals surface area contributed by atoms with Gasteiger partial charge in [-0.1, -0.05) is 78.9 Å². The van der Waals surface area contributed by atoms with Crippen LogP contribution in [0.2, 0.25) is 0 Å². The highest BCUT2D eigenvalue weighted by atomic mass is 16.4. The average molecular weight is 483 g/mol. The zero-order valence-corrected chi connectivity index (χ0v) is 19.5. The second-order valence-corrected chi connectivity index (χ2v) is 8.52. The van der Waals surface area contributed by atoms with Gasteiger partial charge < -0.3 is 15.8 Å². The molecule has 0 aliphatic carbocycles. The molecular weight excluding hydrogens is 456 g/mol. The Balaban J connectivity index is 1.85. The minimum absolute atomic E-state index is 0.0534. The molecule has 1 amide bonds. The number of amides is 1. The van der Waals surface area contributed by atoms with Crippen molar-refractivity contribution >= 4 is 30.0 Å². The molecule has 36 heavy (non-hydrogen) atoms. The van der Waals surface area contributed by atoms with E-state index >= 15 is 0 Å². The molecule has 3 aromatic carbocycles. The molecule has 0 spiro atoms. The van der Waals surface area contributed by atoms with Crippen LogP contribution in [0.15, 0.2) is 89.5 Å². The Morgan fingerprint density at radius 1 is 0.972 bits per heavy atom. The maximum absolute atomic E-state index is 14.1. The molecule has 182 valence electrons. The van der Waals surface area contributed by atoms with Crippen LogP contribution in [-0.2, 0) is 21.7 Å². The van der Waals surface area contributed by atoms with Gasteiger partial charge in [-0.3, -0.25) is 20.1 Å². The topological polar surface area (TPSA) is 139 Å². The second-order valence-electron chi connectivity index (χ2n) is 8.52. The van der Waals surface area contributed by atoms with Crippen LogP contribution in [-0.4, -0.2) is 40.4 Å². The average Bonchev–Trinajstić information content (AvgIpc) is 2.97. The molecule has 0 saturated carbocycles. The van der Waals surface area contributed by atoms with Gasteiger partial charge >= 0.3 is 5.97 Å². The molecule has 8 nitrogen and oxygen atoms in total. The van der Waals surface area contributed by atoms with Crippen molar-refractivity contribution in [3.05, 3.63) is 112 Å². The molecule has 3 aromatic rings. The number of hydrogen-bond acceptors (Lipinski definition) is 6. The molecule has 0 aromatic heterocycles. The predicted octanol–water partition coefficient (Wildman–Crippen LogP) is 2.92. The summed E-state index contributed by atoms with van der Waals surface area (Å²) >= 11 is 0. The lowest BCUT2D eigenvalue weighted by Crippen LogP contribution is -2.61. The lowest BCUT2D eigenvalue weighted by Gasteiger charge is -2.40. The maximum atomic E-state index is 14.1. The van der Waals surface area contributed by atoms with Gasteiger partial charge in [0.1, 0.15) is 0 Å². The Kier molecular flexibility index (Phi) is 7.07. The number of carboxylic acid groups (broad SMARTS) is 1. The number of benzene rings is 3.